The Bertz CT molecular complexity index is 281. The summed E-state index contributed by atoms with van der Waals surface area (Å²) in [5, 5.41) is 8.90. The zero-order valence-electron chi connectivity index (χ0n) is 8.05. The van der Waals surface area contributed by atoms with Crippen LogP contribution in [0.4, 0.5) is 0 Å². The highest BCUT2D eigenvalue weighted by Crippen LogP contribution is 2.23. The van der Waals surface area contributed by atoms with Crippen molar-refractivity contribution in [1.82, 2.24) is 0 Å². The molecule has 0 radical (unpaired) electrons. The minimum Gasteiger partial charge on any atom is -0.396 e. The molecule has 0 amide bonds. The van der Waals surface area contributed by atoms with Crippen LogP contribution in [-0.4, -0.2) is 11.7 Å². The summed E-state index contributed by atoms with van der Waals surface area (Å²) in [6.45, 7) is 4.56. The van der Waals surface area contributed by atoms with Crippen LogP contribution >= 0.6 is 15.9 Å². The van der Waals surface area contributed by atoms with Gasteiger partial charge in [0.1, 0.15) is 0 Å². The predicted molar refractivity (Wildman–Crippen MR) is 59.0 cm³/mol. The maximum Gasteiger partial charge on any atom is 0.0471 e. The van der Waals surface area contributed by atoms with Crippen molar-refractivity contribution in [3.8, 4) is 0 Å². The fraction of sp³-hybridized carbons (Fsp3) is 0.455. The van der Waals surface area contributed by atoms with E-state index in [0.717, 1.165) is 10.9 Å². The monoisotopic (exact) mass is 242 g/mol. The lowest BCUT2D eigenvalue weighted by Gasteiger charge is -2.12. The van der Waals surface area contributed by atoms with E-state index in [9.17, 15) is 0 Å². The van der Waals surface area contributed by atoms with E-state index in [0.29, 0.717) is 5.92 Å². The van der Waals surface area contributed by atoms with Crippen molar-refractivity contribution in [3.63, 3.8) is 0 Å². The van der Waals surface area contributed by atoms with Gasteiger partial charge in [0.05, 0.1) is 0 Å². The van der Waals surface area contributed by atoms with Crippen LogP contribution in [0.1, 0.15) is 30.9 Å². The Morgan fingerprint density at radius 2 is 2.08 bits per heavy atom. The molecule has 0 aliphatic heterocycles. The van der Waals surface area contributed by atoms with Crippen molar-refractivity contribution in [2.75, 3.05) is 6.61 Å². The number of aliphatic hydroxyl groups is 1. The summed E-state index contributed by atoms with van der Waals surface area (Å²) in [6, 6.07) is 6.27. The standard InChI is InChI=1S/C11H15BrO/c1-8(2)11-4-3-10(12)7-9(11)5-6-13/h3-4,7-8,13H,5-6H2,1-2H3. The van der Waals surface area contributed by atoms with Crippen molar-refractivity contribution in [2.24, 2.45) is 0 Å². The lowest BCUT2D eigenvalue weighted by Crippen LogP contribution is -1.99. The van der Waals surface area contributed by atoms with E-state index in [4.69, 9.17) is 5.11 Å². The SMILES string of the molecule is CC(C)c1ccc(Br)cc1CCO. The van der Waals surface area contributed by atoms with Crippen LogP contribution in [0.3, 0.4) is 0 Å². The van der Waals surface area contributed by atoms with Crippen LogP contribution in [0.5, 0.6) is 0 Å². The Morgan fingerprint density at radius 1 is 1.38 bits per heavy atom. The normalized spacial score (nSPS) is 10.8. The molecule has 72 valence electrons. The van der Waals surface area contributed by atoms with E-state index in [1.807, 2.05) is 0 Å². The fourth-order valence-electron chi connectivity index (χ4n) is 1.47. The number of hydrogen-bond donors (Lipinski definition) is 1. The Labute approximate surface area is 87.9 Å². The van der Waals surface area contributed by atoms with Gasteiger partial charge in [0.15, 0.2) is 0 Å². The topological polar surface area (TPSA) is 20.2 Å². The quantitative estimate of drug-likeness (QED) is 0.864. The lowest BCUT2D eigenvalue weighted by molar-refractivity contribution is 0.299. The van der Waals surface area contributed by atoms with Gasteiger partial charge in [-0.3, -0.25) is 0 Å². The molecule has 1 nitrogen and oxygen atoms in total. The number of halogens is 1. The molecule has 0 aliphatic rings. The summed E-state index contributed by atoms with van der Waals surface area (Å²) in [5.41, 5.74) is 2.57. The first-order valence-electron chi connectivity index (χ1n) is 4.54. The summed E-state index contributed by atoms with van der Waals surface area (Å²) >= 11 is 3.43. The first-order valence-corrected chi connectivity index (χ1v) is 5.33. The number of benzene rings is 1. The molecule has 1 aromatic carbocycles. The second-order valence-electron chi connectivity index (χ2n) is 3.47. The Balaban J connectivity index is 3.03. The summed E-state index contributed by atoms with van der Waals surface area (Å²) in [6.07, 6.45) is 0.743. The third kappa shape index (κ3) is 2.82. The molecule has 1 N–H and O–H groups in total. The third-order valence-corrected chi connectivity index (χ3v) is 2.60. The van der Waals surface area contributed by atoms with Crippen LogP contribution < -0.4 is 0 Å². The van der Waals surface area contributed by atoms with Crippen molar-refractivity contribution in [1.29, 1.82) is 0 Å². The molecule has 0 aliphatic carbocycles. The molecule has 0 fully saturated rings. The van der Waals surface area contributed by atoms with Crippen molar-refractivity contribution in [3.05, 3.63) is 33.8 Å². The van der Waals surface area contributed by atoms with Crippen LogP contribution in [0.25, 0.3) is 0 Å². The molecule has 2 heteroatoms. The minimum atomic E-state index is 0.218. The zero-order chi connectivity index (χ0) is 9.84. The summed E-state index contributed by atoms with van der Waals surface area (Å²) in [4.78, 5) is 0. The Hall–Kier alpha value is -0.340. The molecule has 0 saturated carbocycles. The van der Waals surface area contributed by atoms with Gasteiger partial charge in [-0.05, 0) is 35.6 Å². The molecule has 13 heavy (non-hydrogen) atoms. The number of aliphatic hydroxyl groups excluding tert-OH is 1. The average Bonchev–Trinajstić information content (AvgIpc) is 2.04. The second-order valence-corrected chi connectivity index (χ2v) is 4.39. The number of hydrogen-bond acceptors (Lipinski definition) is 1. The van der Waals surface area contributed by atoms with E-state index in [1.54, 1.807) is 0 Å². The maximum absolute atomic E-state index is 8.90. The minimum absolute atomic E-state index is 0.218. The van der Waals surface area contributed by atoms with E-state index in [1.165, 1.54) is 11.1 Å². The van der Waals surface area contributed by atoms with Crippen LogP contribution in [0, 0.1) is 0 Å². The first kappa shape index (κ1) is 10.7. The van der Waals surface area contributed by atoms with Gasteiger partial charge in [0.2, 0.25) is 0 Å². The third-order valence-electron chi connectivity index (χ3n) is 2.11. The second kappa shape index (κ2) is 4.77. The molecular weight excluding hydrogens is 228 g/mol. The molecule has 0 heterocycles. The van der Waals surface area contributed by atoms with Gasteiger partial charge >= 0.3 is 0 Å². The largest absolute Gasteiger partial charge is 0.396 e. The smallest absolute Gasteiger partial charge is 0.0471 e. The van der Waals surface area contributed by atoms with Gasteiger partial charge in [-0.15, -0.1) is 0 Å². The van der Waals surface area contributed by atoms with Gasteiger partial charge in [-0.25, -0.2) is 0 Å². The molecule has 0 unspecified atom stereocenters. The average molecular weight is 243 g/mol. The van der Waals surface area contributed by atoms with Gasteiger partial charge in [-0.1, -0.05) is 35.8 Å². The molecule has 1 rings (SSSR count). The van der Waals surface area contributed by atoms with Crippen LogP contribution in [0.15, 0.2) is 22.7 Å². The highest BCUT2D eigenvalue weighted by atomic mass is 79.9. The highest BCUT2D eigenvalue weighted by molar-refractivity contribution is 9.10. The molecule has 1 aromatic rings. The maximum atomic E-state index is 8.90. The first-order chi connectivity index (χ1) is 6.15. The predicted octanol–water partition coefficient (Wildman–Crippen LogP) is 3.11. The van der Waals surface area contributed by atoms with Gasteiger partial charge in [-0.2, -0.15) is 0 Å². The lowest BCUT2D eigenvalue weighted by atomic mass is 9.96. The van der Waals surface area contributed by atoms with Crippen molar-refractivity contribution >= 4 is 15.9 Å². The summed E-state index contributed by atoms with van der Waals surface area (Å²) < 4.78 is 1.08. The summed E-state index contributed by atoms with van der Waals surface area (Å²) in [5.74, 6) is 0.523. The van der Waals surface area contributed by atoms with Gasteiger partial charge in [0.25, 0.3) is 0 Å². The summed E-state index contributed by atoms with van der Waals surface area (Å²) in [7, 11) is 0. The fourth-order valence-corrected chi connectivity index (χ4v) is 1.88. The van der Waals surface area contributed by atoms with Gasteiger partial charge < -0.3 is 5.11 Å². The highest BCUT2D eigenvalue weighted by Gasteiger charge is 2.05. The molecule has 0 spiro atoms. The Morgan fingerprint density at radius 3 is 2.62 bits per heavy atom. The molecule has 0 atom stereocenters. The van der Waals surface area contributed by atoms with E-state index in [2.05, 4.69) is 48.0 Å². The van der Waals surface area contributed by atoms with E-state index >= 15 is 0 Å². The van der Waals surface area contributed by atoms with Gasteiger partial charge in [0, 0.05) is 11.1 Å². The molecular formula is C11H15BrO. The zero-order valence-corrected chi connectivity index (χ0v) is 9.63. The van der Waals surface area contributed by atoms with Crippen molar-refractivity contribution < 1.29 is 5.11 Å². The molecule has 0 bridgehead atoms. The number of rotatable bonds is 3. The Kier molecular flexibility index (Phi) is 3.94. The van der Waals surface area contributed by atoms with E-state index < -0.39 is 0 Å². The molecule has 0 saturated heterocycles. The van der Waals surface area contributed by atoms with Crippen LogP contribution in [-0.2, 0) is 6.42 Å². The van der Waals surface area contributed by atoms with Crippen LogP contribution in [0.2, 0.25) is 0 Å². The van der Waals surface area contributed by atoms with Crippen molar-refractivity contribution in [2.45, 2.75) is 26.2 Å². The van der Waals surface area contributed by atoms with E-state index in [-0.39, 0.29) is 6.61 Å². The molecule has 0 aromatic heterocycles.